The fraction of sp³-hybridized carbons (Fsp3) is 1.00. The van der Waals surface area contributed by atoms with Crippen LogP contribution in [0.25, 0.3) is 0 Å². The molecule has 0 radical (unpaired) electrons. The van der Waals surface area contributed by atoms with E-state index in [9.17, 15) is 10.2 Å². The number of halogens is 1. The predicted octanol–water partition coefficient (Wildman–Crippen LogP) is 1.04. The minimum atomic E-state index is -0.837. The summed E-state index contributed by atoms with van der Waals surface area (Å²) in [6.07, 6.45) is 3.06. The van der Waals surface area contributed by atoms with E-state index in [0.717, 1.165) is 25.7 Å². The van der Waals surface area contributed by atoms with E-state index in [1.165, 1.54) is 0 Å². The number of hydrogen-bond donors (Lipinski definition) is 2. The van der Waals surface area contributed by atoms with Gasteiger partial charge in [0.1, 0.15) is 3.61 Å². The summed E-state index contributed by atoms with van der Waals surface area (Å²) >= 11 is 1.92. The highest BCUT2D eigenvalue weighted by Crippen LogP contribution is 2.33. The Morgan fingerprint density at radius 3 is 2.44 bits per heavy atom. The lowest BCUT2D eigenvalue weighted by molar-refractivity contribution is -0.0214. The van der Waals surface area contributed by atoms with Crippen molar-refractivity contribution < 1.29 is 10.2 Å². The van der Waals surface area contributed by atoms with Gasteiger partial charge in [0, 0.05) is 0 Å². The molecular weight excluding hydrogens is 231 g/mol. The Morgan fingerprint density at radius 1 is 1.44 bits per heavy atom. The predicted molar refractivity (Wildman–Crippen MR) is 43.4 cm³/mol. The molecule has 0 aromatic rings. The molecule has 1 aliphatic carbocycles. The molecule has 2 atom stereocenters. The minimum absolute atomic E-state index is 0.508. The van der Waals surface area contributed by atoms with E-state index in [4.69, 9.17) is 0 Å². The average Bonchev–Trinajstić information content (AvgIpc) is 1.77. The molecule has 54 valence electrons. The molecule has 0 heterocycles. The van der Waals surface area contributed by atoms with Gasteiger partial charge < -0.3 is 10.2 Å². The van der Waals surface area contributed by atoms with Crippen molar-refractivity contribution in [2.75, 3.05) is 0 Å². The van der Waals surface area contributed by atoms with Gasteiger partial charge in [-0.15, -0.1) is 0 Å². The van der Waals surface area contributed by atoms with Gasteiger partial charge in [-0.3, -0.25) is 0 Å². The zero-order valence-electron chi connectivity index (χ0n) is 5.18. The zero-order valence-corrected chi connectivity index (χ0v) is 7.34. The van der Waals surface area contributed by atoms with E-state index in [1.54, 1.807) is 0 Å². The van der Waals surface area contributed by atoms with E-state index in [-0.39, 0.29) is 0 Å². The molecule has 9 heavy (non-hydrogen) atoms. The van der Waals surface area contributed by atoms with Crippen LogP contribution >= 0.6 is 22.6 Å². The second kappa shape index (κ2) is 2.72. The fourth-order valence-electron chi connectivity index (χ4n) is 1.10. The molecule has 1 unspecified atom stereocenters. The van der Waals surface area contributed by atoms with Crippen LogP contribution in [0.1, 0.15) is 25.7 Å². The van der Waals surface area contributed by atoms with E-state index >= 15 is 0 Å². The first-order valence-corrected chi connectivity index (χ1v) is 4.30. The number of aliphatic hydroxyl groups excluding tert-OH is 1. The molecular formula is C6H11IO2. The van der Waals surface area contributed by atoms with Crippen molar-refractivity contribution in [1.82, 2.24) is 0 Å². The molecule has 2 nitrogen and oxygen atoms in total. The van der Waals surface area contributed by atoms with Crippen LogP contribution in [-0.2, 0) is 0 Å². The van der Waals surface area contributed by atoms with Gasteiger partial charge in [0.15, 0.2) is 0 Å². The van der Waals surface area contributed by atoms with Gasteiger partial charge in [0.25, 0.3) is 0 Å². The van der Waals surface area contributed by atoms with Crippen molar-refractivity contribution in [2.45, 2.75) is 35.4 Å². The first-order valence-electron chi connectivity index (χ1n) is 3.22. The Hall–Kier alpha value is 0.650. The monoisotopic (exact) mass is 242 g/mol. The summed E-state index contributed by atoms with van der Waals surface area (Å²) in [5.74, 6) is 0. The smallest absolute Gasteiger partial charge is 0.141 e. The highest BCUT2D eigenvalue weighted by molar-refractivity contribution is 14.1. The van der Waals surface area contributed by atoms with Crippen LogP contribution in [0.15, 0.2) is 0 Å². The standard InChI is InChI=1S/C6H11IO2/c7-6(9)4-2-1-3-5(6)8/h5,8-9H,1-4H2/t5-,6?/m1/s1. The van der Waals surface area contributed by atoms with Crippen LogP contribution in [0.2, 0.25) is 0 Å². The topological polar surface area (TPSA) is 40.5 Å². The molecule has 1 saturated carbocycles. The van der Waals surface area contributed by atoms with Crippen molar-refractivity contribution in [3.8, 4) is 0 Å². The van der Waals surface area contributed by atoms with Crippen LogP contribution in [0.4, 0.5) is 0 Å². The summed E-state index contributed by atoms with van der Waals surface area (Å²) in [4.78, 5) is 0. The molecule has 0 spiro atoms. The Labute approximate surface area is 68.4 Å². The quantitative estimate of drug-likeness (QED) is 0.492. The van der Waals surface area contributed by atoms with Gasteiger partial charge in [-0.25, -0.2) is 0 Å². The summed E-state index contributed by atoms with van der Waals surface area (Å²) < 4.78 is -0.837. The maximum atomic E-state index is 9.38. The molecule has 1 aliphatic rings. The van der Waals surface area contributed by atoms with Crippen molar-refractivity contribution in [3.05, 3.63) is 0 Å². The maximum Gasteiger partial charge on any atom is 0.141 e. The first kappa shape index (κ1) is 7.75. The Bertz CT molecular complexity index is 103. The minimum Gasteiger partial charge on any atom is -0.389 e. The van der Waals surface area contributed by atoms with Crippen LogP contribution < -0.4 is 0 Å². The van der Waals surface area contributed by atoms with Crippen molar-refractivity contribution in [3.63, 3.8) is 0 Å². The number of hydrogen-bond acceptors (Lipinski definition) is 2. The molecule has 0 aliphatic heterocycles. The Kier molecular flexibility index (Phi) is 2.34. The van der Waals surface area contributed by atoms with Crippen molar-refractivity contribution >= 4 is 22.6 Å². The normalized spacial score (nSPS) is 45.0. The Balaban J connectivity index is 2.49. The lowest BCUT2D eigenvalue weighted by Gasteiger charge is -2.31. The molecule has 0 bridgehead atoms. The van der Waals surface area contributed by atoms with E-state index in [2.05, 4.69) is 0 Å². The fourth-order valence-corrected chi connectivity index (χ4v) is 1.79. The largest absolute Gasteiger partial charge is 0.389 e. The molecule has 1 fully saturated rings. The maximum absolute atomic E-state index is 9.38. The zero-order chi connectivity index (χ0) is 6.91. The summed E-state index contributed by atoms with van der Waals surface area (Å²) in [5, 5.41) is 18.6. The van der Waals surface area contributed by atoms with Crippen LogP contribution in [0.3, 0.4) is 0 Å². The van der Waals surface area contributed by atoms with Crippen molar-refractivity contribution in [1.29, 1.82) is 0 Å². The van der Waals surface area contributed by atoms with Gasteiger partial charge in [0.05, 0.1) is 6.10 Å². The third-order valence-corrected chi connectivity index (χ3v) is 3.02. The van der Waals surface area contributed by atoms with E-state index in [1.807, 2.05) is 22.6 Å². The van der Waals surface area contributed by atoms with Gasteiger partial charge in [-0.2, -0.15) is 0 Å². The van der Waals surface area contributed by atoms with E-state index < -0.39 is 9.71 Å². The summed E-state index contributed by atoms with van der Waals surface area (Å²) in [5.41, 5.74) is 0. The number of alkyl halides is 1. The first-order chi connectivity index (χ1) is 4.13. The molecule has 3 heteroatoms. The third-order valence-electron chi connectivity index (χ3n) is 1.77. The molecule has 0 aromatic heterocycles. The van der Waals surface area contributed by atoms with Crippen LogP contribution in [-0.4, -0.2) is 19.9 Å². The van der Waals surface area contributed by atoms with Gasteiger partial charge in [-0.1, -0.05) is 6.42 Å². The summed E-state index contributed by atoms with van der Waals surface area (Å²) in [6, 6.07) is 0. The van der Waals surface area contributed by atoms with Gasteiger partial charge in [-0.05, 0) is 41.9 Å². The Morgan fingerprint density at radius 2 is 2.11 bits per heavy atom. The van der Waals surface area contributed by atoms with Crippen molar-refractivity contribution in [2.24, 2.45) is 0 Å². The molecule has 2 N–H and O–H groups in total. The summed E-state index contributed by atoms with van der Waals surface area (Å²) in [6.45, 7) is 0. The molecule has 0 saturated heterocycles. The second-order valence-electron chi connectivity index (χ2n) is 2.58. The second-order valence-corrected chi connectivity index (χ2v) is 4.45. The van der Waals surface area contributed by atoms with Gasteiger partial charge in [0.2, 0.25) is 0 Å². The average molecular weight is 242 g/mol. The summed E-state index contributed by atoms with van der Waals surface area (Å²) in [7, 11) is 0. The SMILES string of the molecule is O[C@@H]1CCCCC1(O)I. The highest BCUT2D eigenvalue weighted by Gasteiger charge is 2.34. The molecule has 0 amide bonds. The number of rotatable bonds is 0. The van der Waals surface area contributed by atoms with E-state index in [0.29, 0.717) is 0 Å². The third kappa shape index (κ3) is 1.78. The van der Waals surface area contributed by atoms with Gasteiger partial charge >= 0.3 is 0 Å². The number of aliphatic hydroxyl groups is 2. The molecule has 1 rings (SSSR count). The highest BCUT2D eigenvalue weighted by atomic mass is 127. The lowest BCUT2D eigenvalue weighted by Crippen LogP contribution is -2.38. The molecule has 0 aromatic carbocycles. The van der Waals surface area contributed by atoms with Crippen LogP contribution in [0, 0.1) is 0 Å². The lowest BCUT2D eigenvalue weighted by atomic mass is 9.95. The van der Waals surface area contributed by atoms with Crippen LogP contribution in [0.5, 0.6) is 0 Å².